The number of hydrogen-bond donors (Lipinski definition) is 4. The van der Waals surface area contributed by atoms with E-state index in [2.05, 4.69) is 17.6 Å². The van der Waals surface area contributed by atoms with Crippen LogP contribution in [0.15, 0.2) is 0 Å². The summed E-state index contributed by atoms with van der Waals surface area (Å²) in [6.45, 7) is -0.154. The molecule has 1 rings (SSSR count). The van der Waals surface area contributed by atoms with Crippen molar-refractivity contribution in [2.45, 2.75) is 24.5 Å². The molecule has 5 unspecified atom stereocenters. The fourth-order valence-electron chi connectivity index (χ4n) is 1.55. The van der Waals surface area contributed by atoms with Gasteiger partial charge in [-0.15, -0.1) is 12.2 Å². The highest BCUT2D eigenvalue weighted by Gasteiger charge is 2.45. The van der Waals surface area contributed by atoms with E-state index in [4.69, 9.17) is 24.5 Å². The van der Waals surface area contributed by atoms with Gasteiger partial charge in [-0.05, 0) is 0 Å². The van der Waals surface area contributed by atoms with Gasteiger partial charge >= 0.3 is 0 Å². The van der Waals surface area contributed by atoms with Gasteiger partial charge in [0.1, 0.15) is 18.3 Å². The van der Waals surface area contributed by atoms with Gasteiger partial charge in [0.2, 0.25) is 0 Å². The number of ether oxygens (including phenoxy) is 2. The molecule has 0 aromatic rings. The van der Waals surface area contributed by atoms with E-state index in [0.29, 0.717) is 0 Å². The predicted molar refractivity (Wildman–Crippen MR) is 60.6 cm³/mol. The van der Waals surface area contributed by atoms with Crippen LogP contribution >= 0.6 is 20.3 Å². The normalized spacial score (nSPS) is 36.2. The van der Waals surface area contributed by atoms with Crippen molar-refractivity contribution in [1.82, 2.24) is 5.32 Å². The molecule has 0 aromatic heterocycles. The van der Waals surface area contributed by atoms with Gasteiger partial charge in [0, 0.05) is 7.11 Å². The highest BCUT2D eigenvalue weighted by atomic mass is 32.7. The van der Waals surface area contributed by atoms with Crippen LogP contribution in [0.2, 0.25) is 0 Å². The van der Waals surface area contributed by atoms with Crippen molar-refractivity contribution in [3.8, 4) is 0 Å². The molecule has 0 amide bonds. The SMILES string of the molecule is COC1C(NC=N)OC(CO)C1OPS. The lowest BCUT2D eigenvalue weighted by molar-refractivity contribution is -0.0265. The summed E-state index contributed by atoms with van der Waals surface area (Å²) in [6.07, 6.45) is -0.626. The van der Waals surface area contributed by atoms with Crippen molar-refractivity contribution in [2.24, 2.45) is 0 Å². The molecule has 0 radical (unpaired) electrons. The van der Waals surface area contributed by atoms with Gasteiger partial charge in [-0.1, -0.05) is 0 Å². The Morgan fingerprint density at radius 1 is 1.67 bits per heavy atom. The number of thiol groups is 1. The molecule has 1 saturated heterocycles. The zero-order valence-electron chi connectivity index (χ0n) is 8.21. The lowest BCUT2D eigenvalue weighted by Gasteiger charge is -2.21. The third kappa shape index (κ3) is 3.03. The van der Waals surface area contributed by atoms with Crippen LogP contribution in [0.3, 0.4) is 0 Å². The zero-order valence-corrected chi connectivity index (χ0v) is 10.1. The summed E-state index contributed by atoms with van der Waals surface area (Å²) in [4.78, 5) is 0. The number of nitrogens with one attached hydrogen (secondary N) is 2. The third-order valence-electron chi connectivity index (χ3n) is 2.20. The monoisotopic (exact) mass is 254 g/mol. The van der Waals surface area contributed by atoms with Crippen LogP contribution in [0.4, 0.5) is 0 Å². The first-order chi connectivity index (χ1) is 7.28. The van der Waals surface area contributed by atoms with Crippen LogP contribution in [-0.4, -0.2) is 49.7 Å². The van der Waals surface area contributed by atoms with E-state index in [1.165, 1.54) is 7.11 Å². The van der Waals surface area contributed by atoms with Crippen molar-refractivity contribution in [3.63, 3.8) is 0 Å². The van der Waals surface area contributed by atoms with E-state index in [1.54, 1.807) is 0 Å². The number of hydrogen-bond acceptors (Lipinski definition) is 6. The predicted octanol–water partition coefficient (Wildman–Crippen LogP) is -0.261. The van der Waals surface area contributed by atoms with Crippen molar-refractivity contribution in [1.29, 1.82) is 5.41 Å². The Hall–Kier alpha value is 0.0900. The Labute approximate surface area is 95.2 Å². The molecule has 1 aliphatic heterocycles. The van der Waals surface area contributed by atoms with Crippen LogP contribution in [0.25, 0.3) is 0 Å². The molecule has 0 saturated carbocycles. The van der Waals surface area contributed by atoms with Gasteiger partial charge in [0.25, 0.3) is 0 Å². The number of methoxy groups -OCH3 is 1. The number of rotatable bonds is 6. The zero-order chi connectivity index (χ0) is 11.3. The van der Waals surface area contributed by atoms with Crippen molar-refractivity contribution < 1.29 is 19.1 Å². The number of aliphatic hydroxyl groups is 1. The molecule has 0 aliphatic carbocycles. The van der Waals surface area contributed by atoms with E-state index in [0.717, 1.165) is 6.34 Å². The van der Waals surface area contributed by atoms with Crippen molar-refractivity contribution in [2.75, 3.05) is 13.7 Å². The Morgan fingerprint density at radius 3 is 2.87 bits per heavy atom. The molecule has 88 valence electrons. The summed E-state index contributed by atoms with van der Waals surface area (Å²) in [6, 6.07) is 0. The van der Waals surface area contributed by atoms with E-state index >= 15 is 0 Å². The van der Waals surface area contributed by atoms with Gasteiger partial charge in [0.05, 0.1) is 21.0 Å². The molecule has 3 N–H and O–H groups in total. The summed E-state index contributed by atoms with van der Waals surface area (Å²) in [7, 11) is 1.53. The van der Waals surface area contributed by atoms with Crippen LogP contribution in [0.5, 0.6) is 0 Å². The highest BCUT2D eigenvalue weighted by Crippen LogP contribution is 2.31. The second-order valence-electron chi connectivity index (χ2n) is 2.96. The van der Waals surface area contributed by atoms with Crippen molar-refractivity contribution >= 4 is 26.6 Å². The maximum absolute atomic E-state index is 9.10. The minimum absolute atomic E-state index is 0.0000372. The molecule has 6 nitrogen and oxygen atoms in total. The fraction of sp³-hybridized carbons (Fsp3) is 0.857. The topological polar surface area (TPSA) is 83.8 Å². The minimum Gasteiger partial charge on any atom is -0.394 e. The largest absolute Gasteiger partial charge is 0.394 e. The molecular formula is C7H15N2O4PS. The first kappa shape index (κ1) is 13.2. The number of aliphatic hydroxyl groups excluding tert-OH is 1. The second kappa shape index (κ2) is 6.62. The van der Waals surface area contributed by atoms with E-state index in [1.807, 2.05) is 0 Å². The molecular weight excluding hydrogens is 239 g/mol. The smallest absolute Gasteiger partial charge is 0.158 e. The molecule has 5 atom stereocenters. The first-order valence-electron chi connectivity index (χ1n) is 4.37. The molecule has 1 fully saturated rings. The Balaban J connectivity index is 2.67. The molecule has 8 heteroatoms. The lowest BCUT2D eigenvalue weighted by atomic mass is 10.1. The summed E-state index contributed by atoms with van der Waals surface area (Å²) >= 11 is 3.98. The van der Waals surface area contributed by atoms with Gasteiger partial charge in [-0.3, -0.25) is 5.41 Å². The van der Waals surface area contributed by atoms with Gasteiger partial charge < -0.3 is 24.4 Å². The van der Waals surface area contributed by atoms with Crippen LogP contribution < -0.4 is 5.32 Å². The molecule has 15 heavy (non-hydrogen) atoms. The molecule has 0 spiro atoms. The average Bonchev–Trinajstić information content (AvgIpc) is 2.57. The molecule has 0 aromatic carbocycles. The molecule has 1 heterocycles. The van der Waals surface area contributed by atoms with Crippen molar-refractivity contribution in [3.05, 3.63) is 0 Å². The van der Waals surface area contributed by atoms with Crippen LogP contribution in [0.1, 0.15) is 0 Å². The Morgan fingerprint density at radius 2 is 2.40 bits per heavy atom. The quantitative estimate of drug-likeness (QED) is 0.227. The van der Waals surface area contributed by atoms with Crippen LogP contribution in [0, 0.1) is 5.41 Å². The molecule has 1 aliphatic rings. The van der Waals surface area contributed by atoms with E-state index in [9.17, 15) is 0 Å². The summed E-state index contributed by atoms with van der Waals surface area (Å²) in [5, 5.41) is 18.7. The molecule has 0 bridgehead atoms. The van der Waals surface area contributed by atoms with Gasteiger partial charge in [-0.2, -0.15) is 0 Å². The third-order valence-corrected chi connectivity index (χ3v) is 2.89. The van der Waals surface area contributed by atoms with E-state index < -0.39 is 12.3 Å². The van der Waals surface area contributed by atoms with Gasteiger partial charge in [0.15, 0.2) is 6.23 Å². The van der Waals surface area contributed by atoms with Gasteiger partial charge in [-0.25, -0.2) is 0 Å². The van der Waals surface area contributed by atoms with Crippen LogP contribution in [-0.2, 0) is 14.0 Å². The minimum atomic E-state index is -0.473. The maximum atomic E-state index is 9.10. The highest BCUT2D eigenvalue weighted by molar-refractivity contribution is 8.36. The average molecular weight is 254 g/mol. The Kier molecular flexibility index (Phi) is 5.81. The van der Waals surface area contributed by atoms with E-state index in [-0.39, 0.29) is 26.8 Å². The summed E-state index contributed by atoms with van der Waals surface area (Å²) in [5.74, 6) is 0. The standard InChI is InChI=1S/C7H15N2O4PS/c1-11-6-5(13-14-15)4(2-10)12-7(6)9-3-8/h3-7,10,14-15H,2H2,1H3,(H2,8,9). The summed E-state index contributed by atoms with van der Waals surface area (Å²) < 4.78 is 16.0. The fourth-order valence-corrected chi connectivity index (χ4v) is 2.32. The summed E-state index contributed by atoms with van der Waals surface area (Å²) in [5.41, 5.74) is 0. The first-order valence-corrected chi connectivity index (χ1v) is 6.57. The Bertz CT molecular complexity index is 211. The maximum Gasteiger partial charge on any atom is 0.158 e. The lowest BCUT2D eigenvalue weighted by Crippen LogP contribution is -2.41. The second-order valence-corrected chi connectivity index (χ2v) is 3.93.